The molecular weight excluding hydrogens is 312 g/mol. The van der Waals surface area contributed by atoms with Crippen molar-refractivity contribution in [1.82, 2.24) is 9.62 Å². The van der Waals surface area contributed by atoms with Gasteiger partial charge in [0.2, 0.25) is 10.0 Å². The third kappa shape index (κ3) is 4.00. The molecule has 1 aromatic heterocycles. The van der Waals surface area contributed by atoms with Crippen LogP contribution in [0.4, 0.5) is 0 Å². The molecule has 0 aliphatic carbocycles. The van der Waals surface area contributed by atoms with Crippen LogP contribution >= 0.6 is 11.6 Å². The first-order valence-electron chi connectivity index (χ1n) is 7.27. The molecule has 2 unspecified atom stereocenters. The Labute approximate surface area is 131 Å². The molecule has 0 saturated carbocycles. The second-order valence-electron chi connectivity index (χ2n) is 5.91. The minimum Gasteiger partial charge on any atom is -0.448 e. The van der Waals surface area contributed by atoms with E-state index in [0.717, 1.165) is 12.2 Å². The van der Waals surface area contributed by atoms with E-state index < -0.39 is 10.0 Å². The minimum absolute atomic E-state index is 0.262. The molecule has 0 radical (unpaired) electrons. The summed E-state index contributed by atoms with van der Waals surface area (Å²) in [6, 6.07) is 3.85. The molecule has 0 amide bonds. The Bertz CT molecular complexity index is 571. The van der Waals surface area contributed by atoms with Crippen molar-refractivity contribution >= 4 is 21.6 Å². The van der Waals surface area contributed by atoms with E-state index in [0.29, 0.717) is 24.9 Å². The van der Waals surface area contributed by atoms with Gasteiger partial charge in [0.15, 0.2) is 5.22 Å². The van der Waals surface area contributed by atoms with E-state index in [1.807, 2.05) is 6.07 Å². The zero-order valence-corrected chi connectivity index (χ0v) is 14.2. The Hall–Kier alpha value is -0.560. The lowest BCUT2D eigenvalue weighted by Crippen LogP contribution is -2.51. The summed E-state index contributed by atoms with van der Waals surface area (Å²) in [6.07, 6.45) is 0.807. The molecule has 1 aliphatic heterocycles. The van der Waals surface area contributed by atoms with E-state index in [2.05, 4.69) is 12.2 Å². The van der Waals surface area contributed by atoms with Crippen LogP contribution in [0.25, 0.3) is 0 Å². The van der Waals surface area contributed by atoms with E-state index >= 15 is 0 Å². The molecule has 5 nitrogen and oxygen atoms in total. The van der Waals surface area contributed by atoms with Crippen LogP contribution < -0.4 is 5.32 Å². The third-order valence-corrected chi connectivity index (χ3v) is 6.44. The number of furan rings is 1. The standard InChI is InChI=1S/C14H23ClN2O3S/c1-10(2)21(18,19)17-7-6-13(11(3)9-17)16-8-12-4-5-14(15)20-12/h4-5,10-11,13,16H,6-9H2,1-3H3. The monoisotopic (exact) mass is 334 g/mol. The molecule has 0 spiro atoms. The van der Waals surface area contributed by atoms with Gasteiger partial charge in [-0.3, -0.25) is 0 Å². The molecule has 1 aliphatic rings. The zero-order chi connectivity index (χ0) is 15.6. The molecule has 7 heteroatoms. The summed E-state index contributed by atoms with van der Waals surface area (Å²) in [6.45, 7) is 7.28. The van der Waals surface area contributed by atoms with E-state index in [4.69, 9.17) is 16.0 Å². The number of piperidine rings is 1. The highest BCUT2D eigenvalue weighted by atomic mass is 35.5. The van der Waals surface area contributed by atoms with Gasteiger partial charge in [-0.15, -0.1) is 0 Å². The average molecular weight is 335 g/mol. The van der Waals surface area contributed by atoms with Crippen molar-refractivity contribution in [2.75, 3.05) is 13.1 Å². The van der Waals surface area contributed by atoms with Crippen molar-refractivity contribution in [3.63, 3.8) is 0 Å². The number of rotatable bonds is 5. The largest absolute Gasteiger partial charge is 0.448 e. The molecule has 21 heavy (non-hydrogen) atoms. The van der Waals surface area contributed by atoms with Crippen LogP contribution in [-0.4, -0.2) is 37.1 Å². The molecule has 2 rings (SSSR count). The number of nitrogens with zero attached hydrogens (tertiary/aromatic N) is 1. The lowest BCUT2D eigenvalue weighted by Gasteiger charge is -2.37. The number of nitrogens with one attached hydrogen (secondary N) is 1. The summed E-state index contributed by atoms with van der Waals surface area (Å²) in [5, 5.41) is 3.45. The molecule has 2 heterocycles. The quantitative estimate of drug-likeness (QED) is 0.898. The summed E-state index contributed by atoms with van der Waals surface area (Å²) in [4.78, 5) is 0. The SMILES string of the molecule is CC1CN(S(=O)(=O)C(C)C)CCC1NCc1ccc(Cl)o1. The fourth-order valence-electron chi connectivity index (χ4n) is 2.62. The Morgan fingerprint density at radius 2 is 2.19 bits per heavy atom. The van der Waals surface area contributed by atoms with E-state index in [-0.39, 0.29) is 17.2 Å². The molecule has 1 N–H and O–H groups in total. The third-order valence-electron chi connectivity index (χ3n) is 3.99. The minimum atomic E-state index is -3.15. The second-order valence-corrected chi connectivity index (χ2v) is 8.77. The predicted molar refractivity (Wildman–Crippen MR) is 83.8 cm³/mol. The van der Waals surface area contributed by atoms with Gasteiger partial charge in [0, 0.05) is 19.1 Å². The fraction of sp³-hybridized carbons (Fsp3) is 0.714. The molecule has 1 fully saturated rings. The van der Waals surface area contributed by atoms with Crippen molar-refractivity contribution in [3.8, 4) is 0 Å². The van der Waals surface area contributed by atoms with Crippen LogP contribution in [0.15, 0.2) is 16.5 Å². The highest BCUT2D eigenvalue weighted by Gasteiger charge is 2.33. The summed E-state index contributed by atoms with van der Waals surface area (Å²) < 4.78 is 31.3. The van der Waals surface area contributed by atoms with Gasteiger partial charge in [-0.05, 0) is 49.9 Å². The van der Waals surface area contributed by atoms with Crippen LogP contribution in [0.3, 0.4) is 0 Å². The van der Waals surface area contributed by atoms with Crippen molar-refractivity contribution in [3.05, 3.63) is 23.1 Å². The van der Waals surface area contributed by atoms with Crippen molar-refractivity contribution in [2.24, 2.45) is 5.92 Å². The van der Waals surface area contributed by atoms with E-state index in [1.54, 1.807) is 24.2 Å². The second kappa shape index (κ2) is 6.69. The maximum Gasteiger partial charge on any atom is 0.216 e. The Morgan fingerprint density at radius 1 is 1.48 bits per heavy atom. The Kier molecular flexibility index (Phi) is 5.35. The first kappa shape index (κ1) is 16.8. The van der Waals surface area contributed by atoms with Crippen LogP contribution in [0.5, 0.6) is 0 Å². The fourth-order valence-corrected chi connectivity index (χ4v) is 4.18. The smallest absolute Gasteiger partial charge is 0.216 e. The Morgan fingerprint density at radius 3 is 2.71 bits per heavy atom. The molecule has 2 atom stereocenters. The van der Waals surface area contributed by atoms with Crippen LogP contribution in [-0.2, 0) is 16.6 Å². The number of halogens is 1. The molecule has 0 aromatic carbocycles. The van der Waals surface area contributed by atoms with Gasteiger partial charge >= 0.3 is 0 Å². The first-order valence-corrected chi connectivity index (χ1v) is 9.15. The van der Waals surface area contributed by atoms with Crippen molar-refractivity contribution in [1.29, 1.82) is 0 Å². The number of hydrogen-bond acceptors (Lipinski definition) is 4. The topological polar surface area (TPSA) is 62.6 Å². The van der Waals surface area contributed by atoms with E-state index in [1.165, 1.54) is 0 Å². The lowest BCUT2D eigenvalue weighted by atomic mass is 9.95. The summed E-state index contributed by atoms with van der Waals surface area (Å²) in [5.41, 5.74) is 0. The number of hydrogen-bond donors (Lipinski definition) is 1. The molecule has 120 valence electrons. The maximum absolute atomic E-state index is 12.2. The van der Waals surface area contributed by atoms with Gasteiger partial charge in [0.1, 0.15) is 5.76 Å². The number of sulfonamides is 1. The van der Waals surface area contributed by atoms with Gasteiger partial charge in [-0.2, -0.15) is 0 Å². The van der Waals surface area contributed by atoms with Crippen LogP contribution in [0, 0.1) is 5.92 Å². The molecule has 1 aromatic rings. The van der Waals surface area contributed by atoms with Gasteiger partial charge in [-0.25, -0.2) is 12.7 Å². The van der Waals surface area contributed by atoms with Gasteiger partial charge in [0.05, 0.1) is 11.8 Å². The molecule has 0 bridgehead atoms. The average Bonchev–Trinajstić information content (AvgIpc) is 2.82. The van der Waals surface area contributed by atoms with Gasteiger partial charge in [-0.1, -0.05) is 6.92 Å². The molecule has 1 saturated heterocycles. The highest BCUT2D eigenvalue weighted by molar-refractivity contribution is 7.89. The Balaban J connectivity index is 1.89. The summed E-state index contributed by atoms with van der Waals surface area (Å²) in [7, 11) is -3.15. The summed E-state index contributed by atoms with van der Waals surface area (Å²) in [5.74, 6) is 1.06. The maximum atomic E-state index is 12.2. The van der Waals surface area contributed by atoms with Crippen molar-refractivity contribution in [2.45, 2.75) is 45.0 Å². The molecular formula is C14H23ClN2O3S. The highest BCUT2D eigenvalue weighted by Crippen LogP contribution is 2.22. The van der Waals surface area contributed by atoms with Crippen LogP contribution in [0.2, 0.25) is 5.22 Å². The predicted octanol–water partition coefficient (Wildman–Crippen LogP) is 2.47. The lowest BCUT2D eigenvalue weighted by molar-refractivity contribution is 0.215. The van der Waals surface area contributed by atoms with Crippen LogP contribution in [0.1, 0.15) is 33.0 Å². The summed E-state index contributed by atoms with van der Waals surface area (Å²) >= 11 is 5.74. The van der Waals surface area contributed by atoms with Gasteiger partial charge in [0.25, 0.3) is 0 Å². The van der Waals surface area contributed by atoms with E-state index in [9.17, 15) is 8.42 Å². The van der Waals surface area contributed by atoms with Crippen molar-refractivity contribution < 1.29 is 12.8 Å². The zero-order valence-electron chi connectivity index (χ0n) is 12.7. The first-order chi connectivity index (χ1) is 9.80. The normalized spacial score (nSPS) is 24.6. The van der Waals surface area contributed by atoms with Gasteiger partial charge < -0.3 is 9.73 Å².